The van der Waals surface area contributed by atoms with Gasteiger partial charge in [-0.25, -0.2) is 4.68 Å². The molecule has 0 aliphatic rings. The summed E-state index contributed by atoms with van der Waals surface area (Å²) in [5.74, 6) is 0.222. The van der Waals surface area contributed by atoms with E-state index in [9.17, 15) is 9.59 Å². The van der Waals surface area contributed by atoms with Crippen molar-refractivity contribution in [1.29, 1.82) is 0 Å². The van der Waals surface area contributed by atoms with E-state index >= 15 is 0 Å². The van der Waals surface area contributed by atoms with Gasteiger partial charge < -0.3 is 9.64 Å². The highest BCUT2D eigenvalue weighted by atomic mass is 16.5. The third-order valence-corrected chi connectivity index (χ3v) is 3.90. The fourth-order valence-corrected chi connectivity index (χ4v) is 2.48. The van der Waals surface area contributed by atoms with Crippen molar-refractivity contribution in [2.45, 2.75) is 6.54 Å². The van der Waals surface area contributed by atoms with Crippen molar-refractivity contribution in [1.82, 2.24) is 14.7 Å². The molecule has 0 spiro atoms. The molecule has 0 aliphatic heterocycles. The minimum absolute atomic E-state index is 0.131. The van der Waals surface area contributed by atoms with Gasteiger partial charge in [0.15, 0.2) is 12.9 Å². The molecule has 6 heteroatoms. The summed E-state index contributed by atoms with van der Waals surface area (Å²) in [6.07, 6.45) is 4.34. The van der Waals surface area contributed by atoms with Crippen LogP contribution in [-0.2, 0) is 11.3 Å². The fraction of sp³-hybridized carbons (Fsp3) is 0.150. The third kappa shape index (κ3) is 4.16. The van der Waals surface area contributed by atoms with Crippen LogP contribution in [-0.4, -0.2) is 40.5 Å². The summed E-state index contributed by atoms with van der Waals surface area (Å²) in [7, 11) is 1.71. The van der Waals surface area contributed by atoms with Crippen LogP contribution in [0.4, 0.5) is 0 Å². The van der Waals surface area contributed by atoms with E-state index in [1.807, 2.05) is 36.5 Å². The summed E-state index contributed by atoms with van der Waals surface area (Å²) in [6.45, 7) is 0.290. The predicted molar refractivity (Wildman–Crippen MR) is 97.4 cm³/mol. The van der Waals surface area contributed by atoms with Crippen molar-refractivity contribution in [3.05, 3.63) is 78.1 Å². The number of hydrogen-bond acceptors (Lipinski definition) is 4. The average molecular weight is 349 g/mol. The number of carbonyl (C=O) groups is 2. The minimum atomic E-state index is -0.182. The average Bonchev–Trinajstić information content (AvgIpc) is 3.15. The number of hydrogen-bond donors (Lipinski definition) is 0. The zero-order chi connectivity index (χ0) is 18.4. The Hall–Kier alpha value is -3.41. The van der Waals surface area contributed by atoms with Crippen molar-refractivity contribution >= 4 is 12.2 Å². The zero-order valence-corrected chi connectivity index (χ0v) is 14.4. The first kappa shape index (κ1) is 17.4. The van der Waals surface area contributed by atoms with Crippen molar-refractivity contribution in [3.8, 4) is 11.4 Å². The fourth-order valence-electron chi connectivity index (χ4n) is 2.48. The highest BCUT2D eigenvalue weighted by molar-refractivity contribution is 5.80. The van der Waals surface area contributed by atoms with Crippen LogP contribution >= 0.6 is 0 Å². The molecular weight excluding hydrogens is 330 g/mol. The quantitative estimate of drug-likeness (QED) is 0.615. The Bertz CT molecular complexity index is 890. The largest absolute Gasteiger partial charge is 0.483 e. The van der Waals surface area contributed by atoms with Gasteiger partial charge in [-0.1, -0.05) is 30.3 Å². The minimum Gasteiger partial charge on any atom is -0.483 e. The number of amides is 1. The van der Waals surface area contributed by atoms with Gasteiger partial charge in [0.25, 0.3) is 5.91 Å². The summed E-state index contributed by atoms with van der Waals surface area (Å²) in [5, 5.41) is 4.32. The lowest BCUT2D eigenvalue weighted by Gasteiger charge is -2.17. The number of carbonyl (C=O) groups excluding carboxylic acids is 2. The van der Waals surface area contributed by atoms with Crippen LogP contribution in [0.25, 0.3) is 5.69 Å². The normalized spacial score (nSPS) is 10.3. The number of aromatic nitrogens is 2. The van der Waals surface area contributed by atoms with Gasteiger partial charge >= 0.3 is 0 Å². The number of likely N-dealkylation sites (N-methyl/N-ethyl adjacent to an activating group) is 1. The molecule has 3 aromatic rings. The Kier molecular flexibility index (Phi) is 5.43. The topological polar surface area (TPSA) is 64.4 Å². The maximum absolute atomic E-state index is 12.3. The molecule has 1 amide bonds. The van der Waals surface area contributed by atoms with Gasteiger partial charge in [-0.3, -0.25) is 9.59 Å². The molecule has 132 valence electrons. The number of para-hydroxylation sites is 2. The van der Waals surface area contributed by atoms with E-state index in [1.165, 1.54) is 0 Å². The number of aldehydes is 1. The molecular formula is C20H19N3O3. The number of benzene rings is 2. The summed E-state index contributed by atoms with van der Waals surface area (Å²) in [4.78, 5) is 24.8. The Labute approximate surface area is 151 Å². The SMILES string of the molecule is CN(Cc1cnn(-c2ccccc2)c1)C(=O)COc1ccccc1C=O. The molecule has 0 radical (unpaired) electrons. The van der Waals surface area contributed by atoms with Gasteiger partial charge in [-0.15, -0.1) is 0 Å². The third-order valence-electron chi connectivity index (χ3n) is 3.90. The summed E-state index contributed by atoms with van der Waals surface area (Å²) >= 11 is 0. The summed E-state index contributed by atoms with van der Waals surface area (Å²) < 4.78 is 7.25. The molecule has 3 rings (SSSR count). The van der Waals surface area contributed by atoms with E-state index in [2.05, 4.69) is 5.10 Å². The first-order valence-electron chi connectivity index (χ1n) is 8.17. The van der Waals surface area contributed by atoms with Crippen LogP contribution in [0.15, 0.2) is 67.0 Å². The maximum Gasteiger partial charge on any atom is 0.260 e. The van der Waals surface area contributed by atoms with E-state index in [-0.39, 0.29) is 12.5 Å². The van der Waals surface area contributed by atoms with Crippen molar-refractivity contribution in [2.75, 3.05) is 13.7 Å². The molecule has 0 saturated carbocycles. The molecule has 0 fully saturated rings. The standard InChI is InChI=1S/C20H19N3O3/c1-22(20(25)15-26-19-10-6-5-7-17(19)14-24)12-16-11-21-23(13-16)18-8-3-2-4-9-18/h2-11,13-14H,12,15H2,1H3. The summed E-state index contributed by atoms with van der Waals surface area (Å²) in [5.41, 5.74) is 2.30. The van der Waals surface area contributed by atoms with E-state index in [0.717, 1.165) is 11.3 Å². The molecule has 2 aromatic carbocycles. The van der Waals surface area contributed by atoms with Crippen molar-refractivity contribution in [3.63, 3.8) is 0 Å². The molecule has 0 N–H and O–H groups in total. The summed E-state index contributed by atoms with van der Waals surface area (Å²) in [6, 6.07) is 16.6. The second kappa shape index (κ2) is 8.11. The van der Waals surface area contributed by atoms with Gasteiger partial charge in [0.1, 0.15) is 5.75 Å². The molecule has 0 saturated heterocycles. The molecule has 0 unspecified atom stereocenters. The van der Waals surface area contributed by atoms with Crippen LogP contribution in [0, 0.1) is 0 Å². The second-order valence-corrected chi connectivity index (χ2v) is 5.82. The van der Waals surface area contributed by atoms with E-state index in [4.69, 9.17) is 4.74 Å². The Morgan fingerprint density at radius 1 is 1.15 bits per heavy atom. The van der Waals surface area contributed by atoms with Gasteiger partial charge in [0, 0.05) is 25.4 Å². The Morgan fingerprint density at radius 2 is 1.88 bits per heavy atom. The van der Waals surface area contributed by atoms with Gasteiger partial charge in [0.05, 0.1) is 17.4 Å². The van der Waals surface area contributed by atoms with E-state index in [1.54, 1.807) is 47.1 Å². The first-order chi connectivity index (χ1) is 12.7. The van der Waals surface area contributed by atoms with Crippen molar-refractivity contribution < 1.29 is 14.3 Å². The van der Waals surface area contributed by atoms with E-state index < -0.39 is 0 Å². The molecule has 26 heavy (non-hydrogen) atoms. The second-order valence-electron chi connectivity index (χ2n) is 5.82. The lowest BCUT2D eigenvalue weighted by molar-refractivity contribution is -0.132. The maximum atomic E-state index is 12.3. The van der Waals surface area contributed by atoms with Gasteiger partial charge in [-0.2, -0.15) is 5.10 Å². The monoisotopic (exact) mass is 349 g/mol. The van der Waals surface area contributed by atoms with Crippen LogP contribution in [0.3, 0.4) is 0 Å². The van der Waals surface area contributed by atoms with Crippen molar-refractivity contribution in [2.24, 2.45) is 0 Å². The molecule has 0 bridgehead atoms. The smallest absolute Gasteiger partial charge is 0.260 e. The lowest BCUT2D eigenvalue weighted by atomic mass is 10.2. The molecule has 0 aliphatic carbocycles. The number of nitrogens with zero attached hydrogens (tertiary/aromatic N) is 3. The zero-order valence-electron chi connectivity index (χ0n) is 14.4. The predicted octanol–water partition coefficient (Wildman–Crippen LogP) is 2.72. The molecule has 1 heterocycles. The lowest BCUT2D eigenvalue weighted by Crippen LogP contribution is -2.31. The van der Waals surface area contributed by atoms with Crippen LogP contribution in [0.5, 0.6) is 5.75 Å². The first-order valence-corrected chi connectivity index (χ1v) is 8.17. The van der Waals surface area contributed by atoms with Crippen LogP contribution < -0.4 is 4.74 Å². The molecule has 0 atom stereocenters. The highest BCUT2D eigenvalue weighted by Gasteiger charge is 2.12. The Morgan fingerprint density at radius 3 is 2.65 bits per heavy atom. The van der Waals surface area contributed by atoms with E-state index in [0.29, 0.717) is 24.1 Å². The molecule has 6 nitrogen and oxygen atoms in total. The highest BCUT2D eigenvalue weighted by Crippen LogP contribution is 2.16. The van der Waals surface area contributed by atoms with Gasteiger partial charge in [0.2, 0.25) is 0 Å². The molecule has 1 aromatic heterocycles. The van der Waals surface area contributed by atoms with Crippen LogP contribution in [0.2, 0.25) is 0 Å². The number of rotatable bonds is 7. The van der Waals surface area contributed by atoms with Crippen LogP contribution in [0.1, 0.15) is 15.9 Å². The number of ether oxygens (including phenoxy) is 1. The Balaban J connectivity index is 1.58. The van der Waals surface area contributed by atoms with Gasteiger partial charge in [-0.05, 0) is 24.3 Å².